The van der Waals surface area contributed by atoms with Crippen LogP contribution in [-0.4, -0.2) is 17.5 Å². The molecule has 5 nitrogen and oxygen atoms in total. The first-order valence-electron chi connectivity index (χ1n) is 5.96. The molecule has 2 rings (SSSR count). The average Bonchev–Trinajstić information content (AvgIpc) is 2.41. The first-order chi connectivity index (χ1) is 9.22. The molecule has 1 amide bonds. The molecule has 2 aromatic rings. The Balaban J connectivity index is 2.22. The number of hydrogen-bond acceptors (Lipinski definition) is 4. The van der Waals surface area contributed by atoms with Crippen molar-refractivity contribution in [1.29, 1.82) is 0 Å². The van der Waals surface area contributed by atoms with Gasteiger partial charge >= 0.3 is 0 Å². The molecule has 0 radical (unpaired) electrons. The van der Waals surface area contributed by atoms with Gasteiger partial charge in [0.05, 0.1) is 18.0 Å². The van der Waals surface area contributed by atoms with E-state index in [9.17, 15) is 4.79 Å². The largest absolute Gasteiger partial charge is 0.492 e. The van der Waals surface area contributed by atoms with Crippen LogP contribution >= 0.6 is 0 Å². The van der Waals surface area contributed by atoms with Gasteiger partial charge in [-0.25, -0.2) is 4.98 Å². The van der Waals surface area contributed by atoms with Crippen LogP contribution in [-0.2, 0) is 0 Å². The molecule has 0 aliphatic heterocycles. The Hall–Kier alpha value is -2.56. The number of ether oxygens (including phenoxy) is 1. The zero-order chi connectivity index (χ0) is 13.7. The van der Waals surface area contributed by atoms with E-state index in [1.54, 1.807) is 24.3 Å². The van der Waals surface area contributed by atoms with Crippen LogP contribution in [0.2, 0.25) is 0 Å². The Morgan fingerprint density at radius 3 is 2.84 bits per heavy atom. The Bertz CT molecular complexity index is 584. The van der Waals surface area contributed by atoms with Crippen LogP contribution in [0.4, 0.5) is 11.4 Å². The summed E-state index contributed by atoms with van der Waals surface area (Å²) in [5.41, 5.74) is 6.86. The Morgan fingerprint density at radius 2 is 2.11 bits per heavy atom. The second kappa shape index (κ2) is 5.86. The van der Waals surface area contributed by atoms with Gasteiger partial charge < -0.3 is 15.8 Å². The number of anilines is 2. The molecule has 0 aliphatic carbocycles. The molecule has 1 aromatic carbocycles. The average molecular weight is 257 g/mol. The summed E-state index contributed by atoms with van der Waals surface area (Å²) < 4.78 is 5.44. The molecule has 3 N–H and O–H groups in total. The molecule has 1 heterocycles. The standard InChI is InChI=1S/C14H15N3O2/c1-2-19-12-8-4-3-7-11(12)17-14(18)13-10(15)6-5-9-16-13/h3-9H,2,15H2,1H3,(H,17,18). The minimum Gasteiger partial charge on any atom is -0.492 e. The normalized spacial score (nSPS) is 9.95. The molecule has 19 heavy (non-hydrogen) atoms. The number of nitrogens with one attached hydrogen (secondary N) is 1. The van der Waals surface area contributed by atoms with Gasteiger partial charge in [-0.3, -0.25) is 4.79 Å². The lowest BCUT2D eigenvalue weighted by Gasteiger charge is -2.11. The molecule has 0 unspecified atom stereocenters. The molecular weight excluding hydrogens is 242 g/mol. The molecule has 0 bridgehead atoms. The Kier molecular flexibility index (Phi) is 3.97. The monoisotopic (exact) mass is 257 g/mol. The number of aromatic nitrogens is 1. The summed E-state index contributed by atoms with van der Waals surface area (Å²) in [6.07, 6.45) is 1.53. The fourth-order valence-electron chi connectivity index (χ4n) is 1.64. The van der Waals surface area contributed by atoms with Crippen LogP contribution < -0.4 is 15.8 Å². The lowest BCUT2D eigenvalue weighted by molar-refractivity contribution is 0.102. The maximum absolute atomic E-state index is 12.1. The lowest BCUT2D eigenvalue weighted by atomic mass is 10.2. The summed E-state index contributed by atoms with van der Waals surface area (Å²) >= 11 is 0. The van der Waals surface area contributed by atoms with Crippen LogP contribution in [0.25, 0.3) is 0 Å². The maximum atomic E-state index is 12.1. The molecule has 0 spiro atoms. The van der Waals surface area contributed by atoms with Crippen LogP contribution in [0.5, 0.6) is 5.75 Å². The van der Waals surface area contributed by atoms with Gasteiger partial charge in [0.15, 0.2) is 5.69 Å². The van der Waals surface area contributed by atoms with E-state index in [-0.39, 0.29) is 11.6 Å². The highest BCUT2D eigenvalue weighted by Crippen LogP contribution is 2.24. The highest BCUT2D eigenvalue weighted by atomic mass is 16.5. The molecule has 0 fully saturated rings. The van der Waals surface area contributed by atoms with Crippen molar-refractivity contribution in [2.24, 2.45) is 0 Å². The van der Waals surface area contributed by atoms with Crippen molar-refractivity contribution in [3.63, 3.8) is 0 Å². The number of nitrogens with two attached hydrogens (primary N) is 1. The van der Waals surface area contributed by atoms with Gasteiger partial charge in [0.2, 0.25) is 0 Å². The molecule has 98 valence electrons. The van der Waals surface area contributed by atoms with E-state index >= 15 is 0 Å². The summed E-state index contributed by atoms with van der Waals surface area (Å²) in [5, 5.41) is 2.75. The number of carbonyl (C=O) groups excluding carboxylic acids is 1. The zero-order valence-electron chi connectivity index (χ0n) is 10.6. The van der Waals surface area contributed by atoms with Crippen molar-refractivity contribution in [2.45, 2.75) is 6.92 Å². The fraction of sp³-hybridized carbons (Fsp3) is 0.143. The second-order valence-electron chi connectivity index (χ2n) is 3.82. The van der Waals surface area contributed by atoms with Crippen molar-refractivity contribution in [1.82, 2.24) is 4.98 Å². The number of nitrogen functional groups attached to an aromatic ring is 1. The minimum atomic E-state index is -0.356. The van der Waals surface area contributed by atoms with E-state index in [1.807, 2.05) is 19.1 Å². The van der Waals surface area contributed by atoms with Gasteiger partial charge in [0.1, 0.15) is 5.75 Å². The number of para-hydroxylation sites is 2. The van der Waals surface area contributed by atoms with E-state index in [2.05, 4.69) is 10.3 Å². The van der Waals surface area contributed by atoms with Gasteiger partial charge in [0, 0.05) is 6.20 Å². The summed E-state index contributed by atoms with van der Waals surface area (Å²) in [4.78, 5) is 16.1. The molecule has 5 heteroatoms. The minimum absolute atomic E-state index is 0.203. The quantitative estimate of drug-likeness (QED) is 0.881. The van der Waals surface area contributed by atoms with E-state index in [4.69, 9.17) is 10.5 Å². The number of benzene rings is 1. The number of pyridine rings is 1. The highest BCUT2D eigenvalue weighted by Gasteiger charge is 2.13. The Morgan fingerprint density at radius 1 is 1.32 bits per heavy atom. The van der Waals surface area contributed by atoms with Gasteiger partial charge in [0.25, 0.3) is 5.91 Å². The number of nitrogens with zero attached hydrogens (tertiary/aromatic N) is 1. The van der Waals surface area contributed by atoms with Gasteiger partial charge in [-0.1, -0.05) is 12.1 Å². The first kappa shape index (κ1) is 12.9. The van der Waals surface area contributed by atoms with Crippen molar-refractivity contribution in [3.8, 4) is 5.75 Å². The van der Waals surface area contributed by atoms with Crippen LogP contribution in [0.3, 0.4) is 0 Å². The van der Waals surface area contributed by atoms with E-state index in [0.717, 1.165) is 0 Å². The van der Waals surface area contributed by atoms with Crippen LogP contribution in [0, 0.1) is 0 Å². The third-order valence-corrected chi connectivity index (χ3v) is 2.49. The lowest BCUT2D eigenvalue weighted by Crippen LogP contribution is -2.16. The molecule has 0 saturated carbocycles. The fourth-order valence-corrected chi connectivity index (χ4v) is 1.64. The van der Waals surface area contributed by atoms with E-state index < -0.39 is 0 Å². The van der Waals surface area contributed by atoms with E-state index in [1.165, 1.54) is 6.20 Å². The predicted molar refractivity (Wildman–Crippen MR) is 74.2 cm³/mol. The second-order valence-corrected chi connectivity index (χ2v) is 3.82. The van der Waals surface area contributed by atoms with Crippen LogP contribution in [0.15, 0.2) is 42.6 Å². The smallest absolute Gasteiger partial charge is 0.276 e. The summed E-state index contributed by atoms with van der Waals surface area (Å²) in [6.45, 7) is 2.41. The first-order valence-corrected chi connectivity index (χ1v) is 5.96. The van der Waals surface area contributed by atoms with Gasteiger partial charge in [-0.05, 0) is 31.2 Å². The van der Waals surface area contributed by atoms with Gasteiger partial charge in [-0.15, -0.1) is 0 Å². The predicted octanol–water partition coefficient (Wildman–Crippen LogP) is 2.31. The number of amides is 1. The molecule has 0 saturated heterocycles. The molecule has 0 atom stereocenters. The van der Waals surface area contributed by atoms with Crippen LogP contribution in [0.1, 0.15) is 17.4 Å². The third kappa shape index (κ3) is 3.01. The number of hydrogen-bond donors (Lipinski definition) is 2. The van der Waals surface area contributed by atoms with Crippen molar-refractivity contribution in [2.75, 3.05) is 17.7 Å². The molecule has 0 aliphatic rings. The molecular formula is C14H15N3O2. The zero-order valence-corrected chi connectivity index (χ0v) is 10.6. The maximum Gasteiger partial charge on any atom is 0.276 e. The number of carbonyl (C=O) groups is 1. The highest BCUT2D eigenvalue weighted by molar-refractivity contribution is 6.06. The number of rotatable bonds is 4. The topological polar surface area (TPSA) is 77.2 Å². The summed E-state index contributed by atoms with van der Waals surface area (Å²) in [5.74, 6) is 0.262. The van der Waals surface area contributed by atoms with Crippen molar-refractivity contribution < 1.29 is 9.53 Å². The summed E-state index contributed by atoms with van der Waals surface area (Å²) in [6, 6.07) is 10.5. The Labute approximate surface area is 111 Å². The van der Waals surface area contributed by atoms with Gasteiger partial charge in [-0.2, -0.15) is 0 Å². The SMILES string of the molecule is CCOc1ccccc1NC(=O)c1ncccc1N. The summed E-state index contributed by atoms with van der Waals surface area (Å²) in [7, 11) is 0. The van der Waals surface area contributed by atoms with Crippen molar-refractivity contribution in [3.05, 3.63) is 48.3 Å². The third-order valence-electron chi connectivity index (χ3n) is 2.49. The molecule has 1 aromatic heterocycles. The van der Waals surface area contributed by atoms with E-state index in [0.29, 0.717) is 23.7 Å². The van der Waals surface area contributed by atoms with Crippen molar-refractivity contribution >= 4 is 17.3 Å².